The van der Waals surface area contributed by atoms with E-state index in [2.05, 4.69) is 53.7 Å². The molecule has 15 heavy (non-hydrogen) atoms. The van der Waals surface area contributed by atoms with Gasteiger partial charge in [0.25, 0.3) is 0 Å². The van der Waals surface area contributed by atoms with Gasteiger partial charge in [-0.25, -0.2) is 0 Å². The monoisotopic (exact) mass is 212 g/mol. The van der Waals surface area contributed by atoms with Crippen molar-refractivity contribution in [2.24, 2.45) is 5.41 Å². The molecule has 0 aliphatic carbocycles. The summed E-state index contributed by atoms with van der Waals surface area (Å²) in [5.74, 6) is 0. The van der Waals surface area contributed by atoms with Crippen molar-refractivity contribution in [3.05, 3.63) is 12.2 Å². The minimum absolute atomic E-state index is 0.0151. The number of hydrogen-bond acceptors (Lipinski definition) is 1. The molecule has 0 saturated heterocycles. The molecule has 0 aliphatic heterocycles. The van der Waals surface area contributed by atoms with Crippen LogP contribution in [0.15, 0.2) is 12.2 Å². The Balaban J connectivity index is 3.37. The van der Waals surface area contributed by atoms with Gasteiger partial charge in [-0.1, -0.05) is 32.9 Å². The van der Waals surface area contributed by atoms with E-state index in [0.717, 1.165) is 13.0 Å². The Bertz CT molecular complexity index is 178. The molecule has 0 radical (unpaired) electrons. The van der Waals surface area contributed by atoms with Crippen LogP contribution in [-0.2, 0) is 4.74 Å². The highest BCUT2D eigenvalue weighted by Crippen LogP contribution is 2.15. The standard InChI is InChI=1S/C14H28O/c1-13(2,3)11-9-7-8-10-12-15-14(4,5)6/h9,11H,7-8,10,12H2,1-6H3. The lowest BCUT2D eigenvalue weighted by atomic mass is 9.96. The molecule has 1 heteroatoms. The Morgan fingerprint density at radius 2 is 1.53 bits per heavy atom. The quantitative estimate of drug-likeness (QED) is 0.479. The lowest BCUT2D eigenvalue weighted by Gasteiger charge is -2.19. The van der Waals surface area contributed by atoms with E-state index >= 15 is 0 Å². The van der Waals surface area contributed by atoms with Crippen LogP contribution in [0.1, 0.15) is 60.8 Å². The van der Waals surface area contributed by atoms with Crippen LogP contribution < -0.4 is 0 Å². The van der Waals surface area contributed by atoms with E-state index in [9.17, 15) is 0 Å². The summed E-state index contributed by atoms with van der Waals surface area (Å²) >= 11 is 0. The first kappa shape index (κ1) is 14.7. The number of rotatable bonds is 5. The molecule has 0 spiro atoms. The average Bonchev–Trinajstić information content (AvgIpc) is 1.98. The normalized spacial score (nSPS) is 13.7. The Kier molecular flexibility index (Phi) is 6.19. The molecule has 0 aromatic rings. The summed E-state index contributed by atoms with van der Waals surface area (Å²) in [5.41, 5.74) is 0.336. The molecule has 0 heterocycles. The molecule has 0 atom stereocenters. The Morgan fingerprint density at radius 3 is 2.00 bits per heavy atom. The first-order chi connectivity index (χ1) is 6.71. The van der Waals surface area contributed by atoms with Gasteiger partial charge >= 0.3 is 0 Å². The van der Waals surface area contributed by atoms with Gasteiger partial charge in [0.15, 0.2) is 0 Å². The van der Waals surface area contributed by atoms with Gasteiger partial charge in [-0.3, -0.25) is 0 Å². The molecular formula is C14H28O. The molecule has 0 unspecified atom stereocenters. The Morgan fingerprint density at radius 1 is 0.933 bits per heavy atom. The third-order valence-corrected chi connectivity index (χ3v) is 1.92. The van der Waals surface area contributed by atoms with Crippen molar-refractivity contribution in [1.82, 2.24) is 0 Å². The zero-order chi connectivity index (χ0) is 11.9. The van der Waals surface area contributed by atoms with E-state index in [-0.39, 0.29) is 5.60 Å². The Hall–Kier alpha value is -0.300. The summed E-state index contributed by atoms with van der Waals surface area (Å²) in [6.07, 6.45) is 8.13. The molecule has 90 valence electrons. The van der Waals surface area contributed by atoms with Crippen LogP contribution in [0.25, 0.3) is 0 Å². The molecular weight excluding hydrogens is 184 g/mol. The van der Waals surface area contributed by atoms with E-state index in [0.29, 0.717) is 5.41 Å². The summed E-state index contributed by atoms with van der Waals surface area (Å²) in [6.45, 7) is 13.9. The van der Waals surface area contributed by atoms with Crippen molar-refractivity contribution >= 4 is 0 Å². The highest BCUT2D eigenvalue weighted by molar-refractivity contribution is 4.91. The van der Waals surface area contributed by atoms with Gasteiger partial charge in [0.2, 0.25) is 0 Å². The number of ether oxygens (including phenoxy) is 1. The van der Waals surface area contributed by atoms with Crippen LogP contribution in [0.5, 0.6) is 0 Å². The molecule has 0 saturated carbocycles. The zero-order valence-electron chi connectivity index (χ0n) is 11.4. The summed E-state index contributed by atoms with van der Waals surface area (Å²) in [7, 11) is 0. The van der Waals surface area contributed by atoms with Gasteiger partial charge in [-0.05, 0) is 45.4 Å². The van der Waals surface area contributed by atoms with Crippen LogP contribution in [0.2, 0.25) is 0 Å². The van der Waals surface area contributed by atoms with E-state index in [1.807, 2.05) is 0 Å². The highest BCUT2D eigenvalue weighted by Gasteiger charge is 2.08. The summed E-state index contributed by atoms with van der Waals surface area (Å²) in [4.78, 5) is 0. The van der Waals surface area contributed by atoms with Crippen molar-refractivity contribution in [1.29, 1.82) is 0 Å². The van der Waals surface area contributed by atoms with E-state index in [4.69, 9.17) is 4.74 Å². The summed E-state index contributed by atoms with van der Waals surface area (Å²) in [5, 5.41) is 0. The smallest absolute Gasteiger partial charge is 0.0598 e. The van der Waals surface area contributed by atoms with Crippen LogP contribution >= 0.6 is 0 Å². The van der Waals surface area contributed by atoms with Gasteiger partial charge in [-0.15, -0.1) is 0 Å². The minimum Gasteiger partial charge on any atom is -0.376 e. The molecule has 0 aromatic carbocycles. The van der Waals surface area contributed by atoms with Gasteiger partial charge < -0.3 is 4.74 Å². The fraction of sp³-hybridized carbons (Fsp3) is 0.857. The van der Waals surface area contributed by atoms with Crippen LogP contribution in [0.4, 0.5) is 0 Å². The molecule has 0 rings (SSSR count). The molecule has 1 nitrogen and oxygen atoms in total. The van der Waals surface area contributed by atoms with Gasteiger partial charge in [0.05, 0.1) is 5.60 Å². The number of allylic oxidation sites excluding steroid dienone is 2. The maximum absolute atomic E-state index is 5.65. The predicted octanol–water partition coefficient (Wildman–Crippen LogP) is 4.57. The van der Waals surface area contributed by atoms with Gasteiger partial charge in [0.1, 0.15) is 0 Å². The lowest BCUT2D eigenvalue weighted by Crippen LogP contribution is -2.19. The third-order valence-electron chi connectivity index (χ3n) is 1.92. The topological polar surface area (TPSA) is 9.23 Å². The molecule has 0 bridgehead atoms. The molecule has 0 fully saturated rings. The largest absolute Gasteiger partial charge is 0.376 e. The SMILES string of the molecule is CC(C)(C)C=CCCCCOC(C)(C)C. The van der Waals surface area contributed by atoms with Crippen LogP contribution in [-0.4, -0.2) is 12.2 Å². The minimum atomic E-state index is 0.0151. The fourth-order valence-electron chi connectivity index (χ4n) is 1.18. The van der Waals surface area contributed by atoms with Crippen LogP contribution in [0.3, 0.4) is 0 Å². The number of unbranched alkanes of at least 4 members (excludes halogenated alkanes) is 2. The molecule has 0 aliphatic rings. The van der Waals surface area contributed by atoms with Crippen molar-refractivity contribution in [3.63, 3.8) is 0 Å². The highest BCUT2D eigenvalue weighted by atomic mass is 16.5. The van der Waals surface area contributed by atoms with E-state index in [1.54, 1.807) is 0 Å². The van der Waals surface area contributed by atoms with Crippen molar-refractivity contribution in [3.8, 4) is 0 Å². The number of hydrogen-bond donors (Lipinski definition) is 0. The van der Waals surface area contributed by atoms with Gasteiger partial charge in [-0.2, -0.15) is 0 Å². The predicted molar refractivity (Wildman–Crippen MR) is 68.2 cm³/mol. The first-order valence-electron chi connectivity index (χ1n) is 6.02. The zero-order valence-corrected chi connectivity index (χ0v) is 11.4. The second-order valence-corrected chi connectivity index (χ2v) is 6.23. The first-order valence-corrected chi connectivity index (χ1v) is 6.02. The lowest BCUT2D eigenvalue weighted by molar-refractivity contribution is -0.00447. The fourth-order valence-corrected chi connectivity index (χ4v) is 1.18. The third kappa shape index (κ3) is 13.7. The van der Waals surface area contributed by atoms with Crippen molar-refractivity contribution in [2.45, 2.75) is 66.4 Å². The molecule has 0 amide bonds. The second kappa shape index (κ2) is 6.32. The van der Waals surface area contributed by atoms with E-state index < -0.39 is 0 Å². The molecule has 0 N–H and O–H groups in total. The summed E-state index contributed by atoms with van der Waals surface area (Å²) in [6, 6.07) is 0. The molecule has 0 aromatic heterocycles. The Labute approximate surface area is 95.9 Å². The van der Waals surface area contributed by atoms with Crippen molar-refractivity contribution < 1.29 is 4.74 Å². The van der Waals surface area contributed by atoms with Crippen molar-refractivity contribution in [2.75, 3.05) is 6.61 Å². The maximum atomic E-state index is 5.65. The van der Waals surface area contributed by atoms with E-state index in [1.165, 1.54) is 12.8 Å². The summed E-state index contributed by atoms with van der Waals surface area (Å²) < 4.78 is 5.65. The second-order valence-electron chi connectivity index (χ2n) is 6.23. The van der Waals surface area contributed by atoms with Gasteiger partial charge in [0, 0.05) is 6.61 Å². The maximum Gasteiger partial charge on any atom is 0.0598 e. The van der Waals surface area contributed by atoms with Crippen LogP contribution in [0, 0.1) is 5.41 Å². The average molecular weight is 212 g/mol.